The van der Waals surface area contributed by atoms with Crippen LogP contribution in [0.2, 0.25) is 0 Å². The van der Waals surface area contributed by atoms with Crippen molar-refractivity contribution in [3.63, 3.8) is 0 Å². The van der Waals surface area contributed by atoms with E-state index in [1.54, 1.807) is 0 Å². The first-order valence-electron chi connectivity index (χ1n) is 6.57. The predicted molar refractivity (Wildman–Crippen MR) is 68.3 cm³/mol. The molecule has 1 aromatic heterocycles. The Morgan fingerprint density at radius 2 is 2.22 bits per heavy atom. The van der Waals surface area contributed by atoms with Crippen LogP contribution in [0.5, 0.6) is 0 Å². The number of aromatic nitrogens is 3. The molecule has 1 aromatic rings. The molecule has 0 spiro atoms. The zero-order chi connectivity index (χ0) is 13.0. The normalized spacial score (nSPS) is 17.9. The van der Waals surface area contributed by atoms with Gasteiger partial charge in [-0.1, -0.05) is 6.92 Å². The highest BCUT2D eigenvalue weighted by atomic mass is 16.2. The van der Waals surface area contributed by atoms with Gasteiger partial charge in [0.05, 0.1) is 0 Å². The Bertz CT molecular complexity index is 395. The molecular formula is C12H21N5O. The molecule has 0 bridgehead atoms. The van der Waals surface area contributed by atoms with Gasteiger partial charge < -0.3 is 10.2 Å². The summed E-state index contributed by atoms with van der Waals surface area (Å²) in [6.07, 6.45) is 3.05. The smallest absolute Gasteiger partial charge is 0.290 e. The fraction of sp³-hybridized carbons (Fsp3) is 0.750. The van der Waals surface area contributed by atoms with Crippen molar-refractivity contribution in [2.75, 3.05) is 26.7 Å². The number of rotatable bonds is 4. The van der Waals surface area contributed by atoms with Crippen molar-refractivity contribution < 1.29 is 4.79 Å². The number of amides is 1. The van der Waals surface area contributed by atoms with Crippen LogP contribution in [0.1, 0.15) is 36.2 Å². The Hall–Kier alpha value is -1.43. The molecule has 100 valence electrons. The first kappa shape index (κ1) is 13.0. The molecule has 1 saturated heterocycles. The van der Waals surface area contributed by atoms with Gasteiger partial charge in [0, 0.05) is 13.0 Å². The number of likely N-dealkylation sites (tertiary alicyclic amines) is 1. The minimum atomic E-state index is -0.176. The van der Waals surface area contributed by atoms with Crippen molar-refractivity contribution >= 4 is 5.91 Å². The summed E-state index contributed by atoms with van der Waals surface area (Å²) < 4.78 is 0. The van der Waals surface area contributed by atoms with Crippen molar-refractivity contribution in [3.05, 3.63) is 11.6 Å². The fourth-order valence-corrected chi connectivity index (χ4v) is 2.14. The van der Waals surface area contributed by atoms with Gasteiger partial charge in [-0.25, -0.2) is 4.98 Å². The van der Waals surface area contributed by atoms with Crippen molar-refractivity contribution in [2.45, 2.75) is 26.2 Å². The van der Waals surface area contributed by atoms with Gasteiger partial charge in [-0.15, -0.1) is 5.10 Å². The van der Waals surface area contributed by atoms with Crippen LogP contribution in [-0.2, 0) is 6.42 Å². The second-order valence-corrected chi connectivity index (χ2v) is 4.92. The summed E-state index contributed by atoms with van der Waals surface area (Å²) in [4.78, 5) is 18.3. The van der Waals surface area contributed by atoms with Gasteiger partial charge >= 0.3 is 0 Å². The average Bonchev–Trinajstić information content (AvgIpc) is 2.86. The number of H-pyrrole nitrogens is 1. The van der Waals surface area contributed by atoms with Crippen LogP contribution < -0.4 is 5.32 Å². The zero-order valence-electron chi connectivity index (χ0n) is 11.1. The molecule has 1 aliphatic rings. The molecule has 0 radical (unpaired) electrons. The van der Waals surface area contributed by atoms with Gasteiger partial charge in [-0.3, -0.25) is 9.89 Å². The first-order valence-corrected chi connectivity index (χ1v) is 6.57. The van der Waals surface area contributed by atoms with Crippen LogP contribution in [-0.4, -0.2) is 52.7 Å². The second kappa shape index (κ2) is 5.95. The van der Waals surface area contributed by atoms with E-state index in [9.17, 15) is 4.79 Å². The molecule has 2 N–H and O–H groups in total. The first-order chi connectivity index (χ1) is 8.69. The van der Waals surface area contributed by atoms with Gasteiger partial charge in [0.25, 0.3) is 5.91 Å². The maximum Gasteiger partial charge on any atom is 0.290 e. The molecular weight excluding hydrogens is 230 g/mol. The minimum Gasteiger partial charge on any atom is -0.349 e. The monoisotopic (exact) mass is 251 g/mol. The number of hydrogen-bond donors (Lipinski definition) is 2. The molecule has 18 heavy (non-hydrogen) atoms. The molecule has 0 aromatic carbocycles. The van der Waals surface area contributed by atoms with Crippen LogP contribution in [0.25, 0.3) is 0 Å². The van der Waals surface area contributed by atoms with Gasteiger partial charge in [-0.2, -0.15) is 0 Å². The predicted octanol–water partition coefficient (Wildman–Crippen LogP) is 0.439. The topological polar surface area (TPSA) is 73.9 Å². The van der Waals surface area contributed by atoms with Crippen LogP contribution in [0.15, 0.2) is 0 Å². The SMILES string of the molecule is CCc1nc(C(=O)NCC2CCN(C)CC2)n[nH]1. The summed E-state index contributed by atoms with van der Waals surface area (Å²) in [6.45, 7) is 4.92. The van der Waals surface area contributed by atoms with Crippen LogP contribution >= 0.6 is 0 Å². The number of aryl methyl sites for hydroxylation is 1. The number of piperidine rings is 1. The lowest BCUT2D eigenvalue weighted by molar-refractivity contribution is 0.0929. The van der Waals surface area contributed by atoms with E-state index in [0.717, 1.165) is 44.7 Å². The third kappa shape index (κ3) is 3.29. The maximum absolute atomic E-state index is 11.8. The Kier molecular flexibility index (Phi) is 4.30. The van der Waals surface area contributed by atoms with Crippen molar-refractivity contribution in [1.29, 1.82) is 0 Å². The van der Waals surface area contributed by atoms with Gasteiger partial charge in [-0.05, 0) is 38.9 Å². The Morgan fingerprint density at radius 3 is 2.83 bits per heavy atom. The summed E-state index contributed by atoms with van der Waals surface area (Å²) >= 11 is 0. The lowest BCUT2D eigenvalue weighted by Crippen LogP contribution is -2.37. The standard InChI is InChI=1S/C12H21N5O/c1-3-10-14-11(16-15-10)12(18)13-8-9-4-6-17(2)7-5-9/h9H,3-8H2,1-2H3,(H,13,18)(H,14,15,16). The van der Waals surface area contributed by atoms with Crippen molar-refractivity contribution in [2.24, 2.45) is 5.92 Å². The highest BCUT2D eigenvalue weighted by Crippen LogP contribution is 2.14. The number of carbonyl (C=O) groups excluding carboxylic acids is 1. The Labute approximate surface area is 107 Å². The lowest BCUT2D eigenvalue weighted by Gasteiger charge is -2.28. The molecule has 1 aliphatic heterocycles. The molecule has 6 nitrogen and oxygen atoms in total. The fourth-order valence-electron chi connectivity index (χ4n) is 2.14. The zero-order valence-corrected chi connectivity index (χ0v) is 11.1. The number of hydrogen-bond acceptors (Lipinski definition) is 4. The summed E-state index contributed by atoms with van der Waals surface area (Å²) in [5.74, 6) is 1.40. The average molecular weight is 251 g/mol. The number of aromatic amines is 1. The molecule has 6 heteroatoms. The largest absolute Gasteiger partial charge is 0.349 e. The molecule has 1 fully saturated rings. The van der Waals surface area contributed by atoms with E-state index in [1.807, 2.05) is 6.92 Å². The van der Waals surface area contributed by atoms with Gasteiger partial charge in [0.15, 0.2) is 0 Å². The van der Waals surface area contributed by atoms with E-state index in [4.69, 9.17) is 0 Å². The van der Waals surface area contributed by atoms with E-state index in [-0.39, 0.29) is 11.7 Å². The molecule has 2 rings (SSSR count). The van der Waals surface area contributed by atoms with E-state index in [2.05, 4.69) is 32.4 Å². The van der Waals surface area contributed by atoms with Gasteiger partial charge in [0.1, 0.15) is 5.82 Å². The van der Waals surface area contributed by atoms with Crippen LogP contribution in [0.4, 0.5) is 0 Å². The van der Waals surface area contributed by atoms with Crippen molar-refractivity contribution in [3.8, 4) is 0 Å². The van der Waals surface area contributed by atoms with Crippen molar-refractivity contribution in [1.82, 2.24) is 25.4 Å². The van der Waals surface area contributed by atoms with Crippen LogP contribution in [0.3, 0.4) is 0 Å². The molecule has 1 amide bonds. The summed E-state index contributed by atoms with van der Waals surface area (Å²) in [7, 11) is 2.13. The number of nitrogens with one attached hydrogen (secondary N) is 2. The van der Waals surface area contributed by atoms with E-state index in [0.29, 0.717) is 5.92 Å². The third-order valence-corrected chi connectivity index (χ3v) is 3.46. The molecule has 2 heterocycles. The summed E-state index contributed by atoms with van der Waals surface area (Å²) in [6, 6.07) is 0. The summed E-state index contributed by atoms with van der Waals surface area (Å²) in [5.41, 5.74) is 0. The number of nitrogens with zero attached hydrogens (tertiary/aromatic N) is 3. The highest BCUT2D eigenvalue weighted by Gasteiger charge is 2.18. The lowest BCUT2D eigenvalue weighted by atomic mass is 9.97. The third-order valence-electron chi connectivity index (χ3n) is 3.46. The van der Waals surface area contributed by atoms with E-state index < -0.39 is 0 Å². The number of carbonyl (C=O) groups is 1. The van der Waals surface area contributed by atoms with E-state index >= 15 is 0 Å². The quantitative estimate of drug-likeness (QED) is 0.814. The second-order valence-electron chi connectivity index (χ2n) is 4.92. The molecule has 0 atom stereocenters. The molecule has 0 unspecified atom stereocenters. The summed E-state index contributed by atoms with van der Waals surface area (Å²) in [5, 5.41) is 9.58. The molecule has 0 saturated carbocycles. The Morgan fingerprint density at radius 1 is 1.50 bits per heavy atom. The Balaban J connectivity index is 1.77. The minimum absolute atomic E-state index is 0.176. The van der Waals surface area contributed by atoms with Crippen LogP contribution in [0, 0.1) is 5.92 Å². The van der Waals surface area contributed by atoms with Gasteiger partial charge in [0.2, 0.25) is 5.82 Å². The maximum atomic E-state index is 11.8. The highest BCUT2D eigenvalue weighted by molar-refractivity contribution is 5.90. The molecule has 0 aliphatic carbocycles. The van der Waals surface area contributed by atoms with E-state index in [1.165, 1.54) is 0 Å².